The number of aromatic hydroxyl groups is 1. The fraction of sp³-hybridized carbons (Fsp3) is 0.310. The highest BCUT2D eigenvalue weighted by Crippen LogP contribution is 2.66. The number of piperazine rings is 1. The van der Waals surface area contributed by atoms with Crippen molar-refractivity contribution in [3.63, 3.8) is 0 Å². The Labute approximate surface area is 432 Å². The van der Waals surface area contributed by atoms with Crippen LogP contribution in [0.3, 0.4) is 0 Å². The number of benzene rings is 5. The molecule has 0 bridgehead atoms. The molecular weight excluding hydrogens is 955 g/mol. The molecule has 6 aromatic rings. The van der Waals surface area contributed by atoms with Crippen LogP contribution in [0.15, 0.2) is 146 Å². The number of morpholine rings is 1. The molecule has 4 aliphatic heterocycles. The lowest BCUT2D eigenvalue weighted by molar-refractivity contribution is -0.384. The Morgan fingerprint density at radius 3 is 2.08 bits per heavy atom. The Kier molecular flexibility index (Phi) is 13.1. The van der Waals surface area contributed by atoms with Crippen LogP contribution in [0.4, 0.5) is 22.1 Å². The number of imide groups is 1. The van der Waals surface area contributed by atoms with Gasteiger partial charge in [-0.2, -0.15) is 0 Å². The average molecular weight is 1010 g/mol. The Morgan fingerprint density at radius 1 is 0.773 bits per heavy atom. The van der Waals surface area contributed by atoms with Crippen LogP contribution in [0.1, 0.15) is 90.1 Å². The number of nitro groups is 1. The van der Waals surface area contributed by atoms with Crippen LogP contribution >= 0.6 is 0 Å². The van der Waals surface area contributed by atoms with Crippen molar-refractivity contribution < 1.29 is 43.8 Å². The van der Waals surface area contributed by atoms with Crippen LogP contribution in [-0.2, 0) is 35.9 Å². The van der Waals surface area contributed by atoms with Gasteiger partial charge in [0.25, 0.3) is 5.69 Å². The topological polar surface area (TPSA) is 209 Å². The zero-order valence-corrected chi connectivity index (χ0v) is 40.8. The number of fused-ring (bicyclic) bond motifs is 3. The first-order valence-corrected chi connectivity index (χ1v) is 25.3. The minimum atomic E-state index is -2.13. The normalized spacial score (nSPS) is 24.1. The molecular formula is C58H53N7O10. The minimum Gasteiger partial charge on any atom is -0.508 e. The molecule has 75 heavy (non-hydrogen) atoms. The van der Waals surface area contributed by atoms with Crippen LogP contribution in [0.2, 0.25) is 0 Å². The molecule has 0 radical (unpaired) electrons. The van der Waals surface area contributed by atoms with E-state index in [-0.39, 0.29) is 42.4 Å². The summed E-state index contributed by atoms with van der Waals surface area (Å²) >= 11 is 0. The van der Waals surface area contributed by atoms with E-state index >= 15 is 19.2 Å². The maximum absolute atomic E-state index is 16.7. The molecule has 11 rings (SSSR count). The van der Waals surface area contributed by atoms with E-state index in [9.17, 15) is 20.3 Å². The molecule has 1 saturated carbocycles. The van der Waals surface area contributed by atoms with Gasteiger partial charge in [0.2, 0.25) is 17.8 Å². The Hall–Kier alpha value is -8.46. The molecule has 17 nitrogen and oxygen atoms in total. The van der Waals surface area contributed by atoms with Gasteiger partial charge in [-0.15, -0.1) is 0 Å². The number of phenols is 1. The fourth-order valence-corrected chi connectivity index (χ4v) is 11.9. The lowest BCUT2D eigenvalue weighted by Gasteiger charge is -2.46. The average Bonchev–Trinajstić information content (AvgIpc) is 3.99. The first-order valence-electron chi connectivity index (χ1n) is 25.3. The third-order valence-electron chi connectivity index (χ3n) is 15.4. The highest BCUT2D eigenvalue weighted by molar-refractivity contribution is 6.23. The number of ether oxygens (including phenoxy) is 2. The standard InChI is InChI=1S/C58H53N7O10/c66-44-23-19-42(20-24-44)51-58(45-36-38(26-29-57(71)27-9-1-2-10-28-57)18-25-46(45)63(54(58)69)56(70)74-37-39-16-21-43(22-17-39)65(72)73)47(52(67)61-32-34-62(35-33-61)55-59-30-11-31-60-55)49-53(68)75-50(41-14-7-4-8-15-41)48(64(49)51)40-12-5-3-6-13-40/h3-8,11-25,30-31,36,47-51,66,71H,1-2,9-10,27-28,32-35,37H2/t47-,48-,49-,50+,51+,58-/m1/s1. The van der Waals surface area contributed by atoms with E-state index in [0.717, 1.165) is 30.6 Å². The van der Waals surface area contributed by atoms with Gasteiger partial charge in [0.05, 0.1) is 28.6 Å². The molecule has 3 amide bonds. The van der Waals surface area contributed by atoms with Crippen molar-refractivity contribution in [2.45, 2.75) is 80.4 Å². The smallest absolute Gasteiger partial charge is 0.421 e. The summed E-state index contributed by atoms with van der Waals surface area (Å²) in [5, 5.41) is 34.1. The molecule has 4 fully saturated rings. The number of phenolic OH excluding ortho intramolecular Hbond substituents is 1. The van der Waals surface area contributed by atoms with E-state index < -0.39 is 70.0 Å². The molecule has 17 heteroatoms. The number of hydrogen-bond acceptors (Lipinski definition) is 14. The van der Waals surface area contributed by atoms with Crippen molar-refractivity contribution in [1.29, 1.82) is 0 Å². The summed E-state index contributed by atoms with van der Waals surface area (Å²) < 4.78 is 12.6. The maximum Gasteiger partial charge on any atom is 0.421 e. The summed E-state index contributed by atoms with van der Waals surface area (Å²) in [7, 11) is 0. The van der Waals surface area contributed by atoms with Crippen LogP contribution in [0, 0.1) is 27.9 Å². The Balaban J connectivity index is 1.14. The molecule has 2 N–H and O–H groups in total. The van der Waals surface area contributed by atoms with Gasteiger partial charge in [-0.1, -0.05) is 97.5 Å². The second-order valence-corrected chi connectivity index (χ2v) is 19.8. The second-order valence-electron chi connectivity index (χ2n) is 19.8. The predicted octanol–water partition coefficient (Wildman–Crippen LogP) is 7.88. The molecule has 1 aromatic heterocycles. The van der Waals surface area contributed by atoms with E-state index in [4.69, 9.17) is 9.47 Å². The lowest BCUT2D eigenvalue weighted by Crippen LogP contribution is -2.59. The number of esters is 1. The highest BCUT2D eigenvalue weighted by atomic mass is 16.6. The zero-order valence-electron chi connectivity index (χ0n) is 40.8. The van der Waals surface area contributed by atoms with Crippen LogP contribution in [0.5, 0.6) is 5.75 Å². The number of rotatable bonds is 8. The molecule has 0 unspecified atom stereocenters. The zero-order chi connectivity index (χ0) is 51.8. The van der Waals surface area contributed by atoms with Gasteiger partial charge in [0.1, 0.15) is 35.5 Å². The quantitative estimate of drug-likeness (QED) is 0.0489. The van der Waals surface area contributed by atoms with Gasteiger partial charge in [0.15, 0.2) is 0 Å². The maximum atomic E-state index is 16.7. The van der Waals surface area contributed by atoms with Crippen molar-refractivity contribution >= 4 is 41.2 Å². The van der Waals surface area contributed by atoms with Gasteiger partial charge in [-0.25, -0.2) is 19.7 Å². The van der Waals surface area contributed by atoms with Crippen LogP contribution in [0.25, 0.3) is 0 Å². The molecule has 5 heterocycles. The summed E-state index contributed by atoms with van der Waals surface area (Å²) in [6.45, 7) is 0.603. The van der Waals surface area contributed by atoms with Gasteiger partial charge in [-0.3, -0.25) is 29.4 Å². The van der Waals surface area contributed by atoms with Gasteiger partial charge in [-0.05, 0) is 102 Å². The van der Waals surface area contributed by atoms with Gasteiger partial charge >= 0.3 is 12.1 Å². The monoisotopic (exact) mass is 1010 g/mol. The van der Waals surface area contributed by atoms with Gasteiger partial charge in [0, 0.05) is 56.3 Å². The number of aliphatic hydroxyl groups is 1. The minimum absolute atomic E-state index is 0.0707. The number of nitrogens with zero attached hydrogens (tertiary/aromatic N) is 7. The molecule has 1 aliphatic carbocycles. The number of carbonyl (C=O) groups excluding carboxylic acids is 4. The highest BCUT2D eigenvalue weighted by Gasteiger charge is 2.76. The van der Waals surface area contributed by atoms with Crippen LogP contribution in [-0.4, -0.2) is 96.6 Å². The summed E-state index contributed by atoms with van der Waals surface area (Å²) in [4.78, 5) is 89.9. The summed E-state index contributed by atoms with van der Waals surface area (Å²) in [6.07, 6.45) is 5.73. The van der Waals surface area contributed by atoms with Crippen LogP contribution < -0.4 is 9.80 Å². The SMILES string of the molecule is O=C1O[C@@H](c2ccccc2)[C@@H](c2ccccc2)N2[C@@H](c3ccc(O)cc3)[C@]3(C(=O)N(C(=O)OCc4ccc([N+](=O)[O-])cc4)c4ccc(C#CC5(O)CCCCCC5)cc43)[C@@H](C(=O)N3CCN(c4ncccn4)CC3)[C@H]12. The number of amides is 3. The first kappa shape index (κ1) is 48.8. The molecule has 3 saturated heterocycles. The Morgan fingerprint density at radius 2 is 1.43 bits per heavy atom. The molecule has 1 spiro atoms. The summed E-state index contributed by atoms with van der Waals surface area (Å²) in [6, 6.07) is 33.6. The number of anilines is 2. The van der Waals surface area contributed by atoms with Crippen molar-refractivity contribution in [1.82, 2.24) is 19.8 Å². The van der Waals surface area contributed by atoms with E-state index in [2.05, 4.69) is 21.8 Å². The van der Waals surface area contributed by atoms with E-state index in [1.807, 2.05) is 70.5 Å². The van der Waals surface area contributed by atoms with E-state index in [0.29, 0.717) is 59.7 Å². The number of hydrogen-bond donors (Lipinski definition) is 2. The van der Waals surface area contributed by atoms with Crippen molar-refractivity contribution in [3.8, 4) is 17.6 Å². The second kappa shape index (κ2) is 20.1. The molecule has 5 aliphatic rings. The van der Waals surface area contributed by atoms with Crippen molar-refractivity contribution in [3.05, 3.63) is 189 Å². The molecule has 5 aromatic carbocycles. The first-order chi connectivity index (χ1) is 36.4. The summed E-state index contributed by atoms with van der Waals surface area (Å²) in [5.74, 6) is 3.07. The number of aromatic nitrogens is 2. The third kappa shape index (κ3) is 8.89. The molecule has 380 valence electrons. The Bertz CT molecular complexity index is 3190. The number of cyclic esters (lactones) is 1. The van der Waals surface area contributed by atoms with Crippen molar-refractivity contribution in [2.75, 3.05) is 36.0 Å². The number of carbonyl (C=O) groups is 4. The lowest BCUT2D eigenvalue weighted by atomic mass is 9.64. The number of non-ortho nitro benzene ring substituents is 1. The number of nitro benzene ring substituents is 1. The van der Waals surface area contributed by atoms with Gasteiger partial charge < -0.3 is 29.5 Å². The van der Waals surface area contributed by atoms with E-state index in [1.165, 1.54) is 36.4 Å². The fourth-order valence-electron chi connectivity index (χ4n) is 11.9. The van der Waals surface area contributed by atoms with Crippen molar-refractivity contribution in [2.24, 2.45) is 5.92 Å². The summed E-state index contributed by atoms with van der Waals surface area (Å²) in [5.41, 5.74) is -0.632. The van der Waals surface area contributed by atoms with E-state index in [1.54, 1.807) is 53.7 Å². The molecule has 6 atom stereocenters. The predicted molar refractivity (Wildman–Crippen MR) is 274 cm³/mol. The largest absolute Gasteiger partial charge is 0.508 e. The third-order valence-corrected chi connectivity index (χ3v) is 15.4.